The Morgan fingerprint density at radius 2 is 1.79 bits per heavy atom. The van der Waals surface area contributed by atoms with Crippen molar-refractivity contribution < 1.29 is 19.1 Å². The molecule has 1 aliphatic heterocycles. The molecule has 0 atom stereocenters. The van der Waals surface area contributed by atoms with Gasteiger partial charge < -0.3 is 15.3 Å². The van der Waals surface area contributed by atoms with E-state index < -0.39 is 5.54 Å². The van der Waals surface area contributed by atoms with Crippen LogP contribution in [-0.2, 0) is 16.1 Å². The number of hydrogen-bond donors (Lipinski definition) is 2. The van der Waals surface area contributed by atoms with Crippen molar-refractivity contribution in [2.45, 2.75) is 24.9 Å². The van der Waals surface area contributed by atoms with E-state index in [0.29, 0.717) is 18.5 Å². The molecule has 0 saturated carbocycles. The van der Waals surface area contributed by atoms with Gasteiger partial charge >= 0.3 is 0 Å². The summed E-state index contributed by atoms with van der Waals surface area (Å²) in [6.07, 6.45) is 1.38. The van der Waals surface area contributed by atoms with Crippen LogP contribution >= 0.6 is 0 Å². The first-order valence-corrected chi connectivity index (χ1v) is 9.50. The fourth-order valence-electron chi connectivity index (χ4n) is 3.60. The lowest BCUT2D eigenvalue weighted by Gasteiger charge is -2.43. The second-order valence-corrected chi connectivity index (χ2v) is 7.28. The molecule has 2 N–H and O–H groups in total. The van der Waals surface area contributed by atoms with Gasteiger partial charge in [-0.25, -0.2) is 4.39 Å². The number of carbonyl (C=O) groups is 2. The Morgan fingerprint density at radius 1 is 1.17 bits per heavy atom. The molecule has 0 unspecified atom stereocenters. The van der Waals surface area contributed by atoms with E-state index in [9.17, 15) is 9.18 Å². The Balaban J connectivity index is 0.000000941. The number of carboxylic acid groups (broad SMARTS) is 1. The molecule has 2 aromatic carbocycles. The van der Waals surface area contributed by atoms with Crippen LogP contribution in [0.15, 0.2) is 54.6 Å². The van der Waals surface area contributed by atoms with Crippen LogP contribution in [0, 0.1) is 5.82 Å². The van der Waals surface area contributed by atoms with Crippen molar-refractivity contribution in [2.75, 3.05) is 32.5 Å². The summed E-state index contributed by atoms with van der Waals surface area (Å²) in [4.78, 5) is 25.3. The highest BCUT2D eigenvalue weighted by atomic mass is 19.1. The summed E-state index contributed by atoms with van der Waals surface area (Å²) in [6.45, 7) is 2.26. The summed E-state index contributed by atoms with van der Waals surface area (Å²) < 4.78 is 13.6. The number of nitrogens with one attached hydrogen (secondary N) is 1. The molecule has 0 aromatic heterocycles. The van der Waals surface area contributed by atoms with Crippen LogP contribution < -0.4 is 5.32 Å². The van der Waals surface area contributed by atoms with Gasteiger partial charge in [-0.15, -0.1) is 0 Å². The number of halogens is 1. The van der Waals surface area contributed by atoms with E-state index in [4.69, 9.17) is 9.90 Å². The Morgan fingerprint density at radius 3 is 2.34 bits per heavy atom. The van der Waals surface area contributed by atoms with Gasteiger partial charge in [-0.05, 0) is 36.6 Å². The summed E-state index contributed by atoms with van der Waals surface area (Å²) in [6, 6.07) is 16.7. The first-order valence-electron chi connectivity index (χ1n) is 9.50. The average Bonchev–Trinajstić information content (AvgIpc) is 2.70. The normalized spacial score (nSPS) is 15.6. The van der Waals surface area contributed by atoms with E-state index in [2.05, 4.69) is 22.3 Å². The molecule has 0 aliphatic carbocycles. The van der Waals surface area contributed by atoms with Gasteiger partial charge in [0.25, 0.3) is 6.47 Å². The van der Waals surface area contributed by atoms with E-state index in [-0.39, 0.29) is 18.2 Å². The molecule has 1 amide bonds. The summed E-state index contributed by atoms with van der Waals surface area (Å²) in [7, 11) is 3.54. The van der Waals surface area contributed by atoms with Crippen LogP contribution in [-0.4, -0.2) is 60.0 Å². The van der Waals surface area contributed by atoms with Gasteiger partial charge in [0.2, 0.25) is 5.91 Å². The highest BCUT2D eigenvalue weighted by Crippen LogP contribution is 2.30. The fourth-order valence-corrected chi connectivity index (χ4v) is 3.60. The molecular weight excluding hydrogens is 373 g/mol. The van der Waals surface area contributed by atoms with Crippen LogP contribution in [0.3, 0.4) is 0 Å². The van der Waals surface area contributed by atoms with Crippen LogP contribution in [0.4, 0.5) is 10.1 Å². The van der Waals surface area contributed by atoms with Gasteiger partial charge in [0.15, 0.2) is 0 Å². The first kappa shape index (κ1) is 22.4. The molecule has 6 nitrogen and oxygen atoms in total. The molecule has 29 heavy (non-hydrogen) atoms. The van der Waals surface area contributed by atoms with E-state index in [0.717, 1.165) is 19.6 Å². The van der Waals surface area contributed by atoms with Crippen molar-refractivity contribution in [3.8, 4) is 0 Å². The topological polar surface area (TPSA) is 72.9 Å². The van der Waals surface area contributed by atoms with Crippen LogP contribution in [0.1, 0.15) is 18.4 Å². The number of hydrogen-bond acceptors (Lipinski definition) is 4. The lowest BCUT2D eigenvalue weighted by atomic mass is 9.85. The van der Waals surface area contributed by atoms with E-state index in [1.807, 2.05) is 24.3 Å². The summed E-state index contributed by atoms with van der Waals surface area (Å²) in [5, 5.41) is 10.2. The molecule has 0 spiro atoms. The Bertz CT molecular complexity index is 791. The largest absolute Gasteiger partial charge is 0.483 e. The van der Waals surface area contributed by atoms with Crippen molar-refractivity contribution in [2.24, 2.45) is 0 Å². The van der Waals surface area contributed by atoms with Gasteiger partial charge in [0.05, 0.1) is 0 Å². The van der Waals surface area contributed by atoms with E-state index in [1.54, 1.807) is 25.1 Å². The Kier molecular flexibility index (Phi) is 8.15. The molecule has 0 radical (unpaired) electrons. The zero-order valence-electron chi connectivity index (χ0n) is 16.8. The molecule has 156 valence electrons. The highest BCUT2D eigenvalue weighted by Gasteiger charge is 2.42. The average molecular weight is 401 g/mol. The molecule has 1 heterocycles. The number of likely N-dealkylation sites (N-methyl/N-ethyl adjacent to an activating group) is 1. The van der Waals surface area contributed by atoms with Crippen molar-refractivity contribution in [1.82, 2.24) is 9.80 Å². The molecule has 1 saturated heterocycles. The number of rotatable bonds is 5. The standard InChI is InChI=1S/C21H26FN3O.CH2O2/c1-24(2)20(26)21(23-19-10-6-9-18(22)15-19)11-13-25(14-12-21)16-17-7-4-3-5-8-17;2-1-3/h3-10,15,23H,11-14,16H2,1-2H3;1H,(H,2,3). The quantitative estimate of drug-likeness (QED) is 0.754. The van der Waals surface area contributed by atoms with Gasteiger partial charge in [-0.1, -0.05) is 36.4 Å². The van der Waals surface area contributed by atoms with Gasteiger partial charge in [-0.3, -0.25) is 14.5 Å². The summed E-state index contributed by atoms with van der Waals surface area (Å²) in [5.74, 6) is -0.259. The predicted molar refractivity (Wildman–Crippen MR) is 111 cm³/mol. The fraction of sp³-hybridized carbons (Fsp3) is 0.364. The van der Waals surface area contributed by atoms with Gasteiger partial charge in [-0.2, -0.15) is 0 Å². The third-order valence-electron chi connectivity index (χ3n) is 4.98. The Hall–Kier alpha value is -2.93. The number of carbonyl (C=O) groups excluding carboxylic acids is 1. The first-order chi connectivity index (χ1) is 13.9. The highest BCUT2D eigenvalue weighted by molar-refractivity contribution is 5.89. The Labute approximate surface area is 170 Å². The third kappa shape index (κ3) is 6.29. The van der Waals surface area contributed by atoms with Crippen LogP contribution in [0.2, 0.25) is 0 Å². The number of anilines is 1. The molecule has 2 aromatic rings. The lowest BCUT2D eigenvalue weighted by Crippen LogP contribution is -2.57. The zero-order chi connectivity index (χ0) is 21.3. The molecular formula is C22H28FN3O3. The SMILES string of the molecule is CN(C)C(=O)C1(Nc2cccc(F)c2)CCN(Cc2ccccc2)CC1.O=CO. The number of likely N-dealkylation sites (tertiary alicyclic amines) is 1. The maximum absolute atomic E-state index is 13.6. The summed E-state index contributed by atoms with van der Waals surface area (Å²) >= 11 is 0. The van der Waals surface area contributed by atoms with Crippen molar-refractivity contribution in [3.63, 3.8) is 0 Å². The third-order valence-corrected chi connectivity index (χ3v) is 4.98. The number of benzene rings is 2. The second kappa shape index (κ2) is 10.6. The van der Waals surface area contributed by atoms with Crippen molar-refractivity contribution in [3.05, 3.63) is 66.0 Å². The minimum atomic E-state index is -0.690. The second-order valence-electron chi connectivity index (χ2n) is 7.28. The number of piperidine rings is 1. The maximum atomic E-state index is 13.6. The van der Waals surface area contributed by atoms with Crippen molar-refractivity contribution >= 4 is 18.1 Å². The minimum Gasteiger partial charge on any atom is -0.483 e. The predicted octanol–water partition coefficient (Wildman–Crippen LogP) is 3.06. The van der Waals surface area contributed by atoms with Gasteiger partial charge in [0, 0.05) is 39.4 Å². The van der Waals surface area contributed by atoms with E-state index >= 15 is 0 Å². The lowest BCUT2D eigenvalue weighted by molar-refractivity contribution is -0.135. The number of nitrogens with zero attached hydrogens (tertiary/aromatic N) is 2. The molecule has 1 aliphatic rings. The van der Waals surface area contributed by atoms with Crippen LogP contribution in [0.25, 0.3) is 0 Å². The number of amides is 1. The molecule has 0 bridgehead atoms. The molecule has 3 rings (SSSR count). The van der Waals surface area contributed by atoms with Gasteiger partial charge in [0.1, 0.15) is 11.4 Å². The monoisotopic (exact) mass is 401 g/mol. The maximum Gasteiger partial charge on any atom is 0.290 e. The smallest absolute Gasteiger partial charge is 0.290 e. The molecule has 1 fully saturated rings. The minimum absolute atomic E-state index is 0.0427. The van der Waals surface area contributed by atoms with E-state index in [1.165, 1.54) is 17.7 Å². The summed E-state index contributed by atoms with van der Waals surface area (Å²) in [5.41, 5.74) is 1.23. The van der Waals surface area contributed by atoms with Crippen molar-refractivity contribution in [1.29, 1.82) is 0 Å². The zero-order valence-corrected chi connectivity index (χ0v) is 16.8. The van der Waals surface area contributed by atoms with Crippen LogP contribution in [0.5, 0.6) is 0 Å². The molecule has 7 heteroatoms.